The zero-order chi connectivity index (χ0) is 21.9. The highest BCUT2D eigenvalue weighted by molar-refractivity contribution is 5.37. The van der Waals surface area contributed by atoms with Crippen molar-refractivity contribution < 1.29 is 9.47 Å². The number of hydrogen-bond acceptors (Lipinski definition) is 4. The Morgan fingerprint density at radius 1 is 1.06 bits per heavy atom. The van der Waals surface area contributed by atoms with Gasteiger partial charge in [-0.1, -0.05) is 43.2 Å². The van der Waals surface area contributed by atoms with E-state index in [0.717, 1.165) is 51.0 Å². The van der Waals surface area contributed by atoms with Crippen molar-refractivity contribution in [2.45, 2.75) is 74.3 Å². The van der Waals surface area contributed by atoms with E-state index in [4.69, 9.17) is 14.5 Å². The Kier molecular flexibility index (Phi) is 6.09. The van der Waals surface area contributed by atoms with Gasteiger partial charge in [0.25, 0.3) is 0 Å². The van der Waals surface area contributed by atoms with Gasteiger partial charge in [0.2, 0.25) is 0 Å². The molecule has 0 amide bonds. The summed E-state index contributed by atoms with van der Waals surface area (Å²) in [6.07, 6.45) is 14.0. The summed E-state index contributed by atoms with van der Waals surface area (Å²) in [7, 11) is 0. The summed E-state index contributed by atoms with van der Waals surface area (Å²) in [6.45, 7) is 6.50. The third-order valence-corrected chi connectivity index (χ3v) is 8.02. The van der Waals surface area contributed by atoms with Crippen molar-refractivity contribution in [3.8, 4) is 5.75 Å². The van der Waals surface area contributed by atoms with Gasteiger partial charge >= 0.3 is 0 Å². The third-order valence-electron chi connectivity index (χ3n) is 8.02. The fourth-order valence-electron chi connectivity index (χ4n) is 6.38. The van der Waals surface area contributed by atoms with Crippen molar-refractivity contribution in [3.63, 3.8) is 0 Å². The van der Waals surface area contributed by atoms with Crippen LogP contribution in [0, 0.1) is 0 Å². The topological polar surface area (TPSA) is 43.4 Å². The molecule has 170 valence electrons. The summed E-state index contributed by atoms with van der Waals surface area (Å²) in [4.78, 5) is 4.85. The first-order valence-corrected chi connectivity index (χ1v) is 12.3. The van der Waals surface area contributed by atoms with E-state index in [1.54, 1.807) is 0 Å². The molecule has 1 aliphatic carbocycles. The first-order valence-electron chi connectivity index (χ1n) is 12.3. The van der Waals surface area contributed by atoms with Crippen LogP contribution in [0.3, 0.4) is 0 Å². The monoisotopic (exact) mass is 432 g/mol. The van der Waals surface area contributed by atoms with E-state index in [2.05, 4.69) is 42.2 Å². The Morgan fingerprint density at radius 3 is 2.72 bits per heavy atom. The van der Waals surface area contributed by atoms with Crippen LogP contribution in [0.5, 0.6) is 5.75 Å². The second kappa shape index (κ2) is 8.99. The van der Waals surface area contributed by atoms with Crippen molar-refractivity contribution in [1.82, 2.24) is 10.3 Å². The van der Waals surface area contributed by atoms with Crippen LogP contribution < -0.4 is 10.1 Å². The van der Waals surface area contributed by atoms with Gasteiger partial charge in [-0.2, -0.15) is 0 Å². The molecule has 2 fully saturated rings. The fourth-order valence-corrected chi connectivity index (χ4v) is 6.38. The molecule has 4 heteroatoms. The highest BCUT2D eigenvalue weighted by Gasteiger charge is 2.48. The average Bonchev–Trinajstić information content (AvgIpc) is 3.27. The van der Waals surface area contributed by atoms with Gasteiger partial charge in [0.15, 0.2) is 0 Å². The van der Waals surface area contributed by atoms with E-state index in [1.165, 1.54) is 36.9 Å². The van der Waals surface area contributed by atoms with Crippen LogP contribution in [0.15, 0.2) is 61.3 Å². The van der Waals surface area contributed by atoms with Crippen LogP contribution in [-0.4, -0.2) is 35.9 Å². The molecular formula is C28H36N2O2. The molecule has 4 nitrogen and oxygen atoms in total. The smallest absolute Gasteiger partial charge is 0.122 e. The highest BCUT2D eigenvalue weighted by atomic mass is 16.5. The maximum Gasteiger partial charge on any atom is 0.122 e. The molecule has 1 aromatic heterocycles. The molecule has 1 aromatic carbocycles. The van der Waals surface area contributed by atoms with Gasteiger partial charge in [0, 0.05) is 23.9 Å². The van der Waals surface area contributed by atoms with Gasteiger partial charge in [-0.05, 0) is 75.3 Å². The van der Waals surface area contributed by atoms with Gasteiger partial charge in [0.1, 0.15) is 12.4 Å². The van der Waals surface area contributed by atoms with Crippen LogP contribution in [-0.2, 0) is 16.6 Å². The number of nitrogens with zero attached hydrogens (tertiary/aromatic N) is 1. The van der Waals surface area contributed by atoms with Crippen LogP contribution in [0.25, 0.3) is 0 Å². The number of pyridine rings is 1. The number of hydrogen-bond donors (Lipinski definition) is 1. The van der Waals surface area contributed by atoms with E-state index in [-0.39, 0.29) is 16.6 Å². The van der Waals surface area contributed by atoms with Crippen LogP contribution in [0.1, 0.15) is 62.6 Å². The molecule has 2 unspecified atom stereocenters. The number of benzene rings is 1. The molecule has 3 heterocycles. The summed E-state index contributed by atoms with van der Waals surface area (Å²) in [6, 6.07) is 14.8. The zero-order valence-corrected chi connectivity index (χ0v) is 19.2. The van der Waals surface area contributed by atoms with E-state index >= 15 is 0 Å². The number of fused-ring (bicyclic) bond motifs is 1. The van der Waals surface area contributed by atoms with E-state index < -0.39 is 0 Å². The Balaban J connectivity index is 1.35. The molecule has 1 spiro atoms. The number of ether oxygens (including phenoxy) is 2. The molecule has 3 aliphatic rings. The van der Waals surface area contributed by atoms with Gasteiger partial charge in [-0.15, -0.1) is 6.58 Å². The average molecular weight is 433 g/mol. The standard InChI is InChI=1S/C28H36N2O2/c1-2-12-27(20-23-9-3-4-10-24(23)31-22-27)30-18-15-26(25-11-5-8-17-29-25)16-19-32-28(21-26)13-6-7-14-28/h2-5,8-11,17,30H,1,6-7,12-16,18-22H2. The predicted octanol–water partition coefficient (Wildman–Crippen LogP) is 5.37. The molecule has 0 bridgehead atoms. The minimum Gasteiger partial charge on any atom is -0.491 e. The molecule has 1 saturated carbocycles. The number of rotatable bonds is 7. The lowest BCUT2D eigenvalue weighted by Gasteiger charge is -2.47. The fraction of sp³-hybridized carbons (Fsp3) is 0.536. The predicted molar refractivity (Wildman–Crippen MR) is 128 cm³/mol. The Hall–Kier alpha value is -2.17. The number of aromatic nitrogens is 1. The SMILES string of the molecule is C=CCC1(NCCC2(c3ccccn3)CCOC3(CCCC3)C2)COc2ccccc2C1. The van der Waals surface area contributed by atoms with E-state index in [1.807, 2.05) is 24.4 Å². The normalized spacial score (nSPS) is 28.8. The van der Waals surface area contributed by atoms with Crippen LogP contribution in [0.4, 0.5) is 0 Å². The van der Waals surface area contributed by atoms with Gasteiger partial charge in [-0.25, -0.2) is 0 Å². The first-order chi connectivity index (χ1) is 15.7. The van der Waals surface area contributed by atoms with Crippen LogP contribution in [0.2, 0.25) is 0 Å². The summed E-state index contributed by atoms with van der Waals surface area (Å²) >= 11 is 0. The lowest BCUT2D eigenvalue weighted by Crippen LogP contribution is -2.55. The molecule has 5 rings (SSSR count). The summed E-state index contributed by atoms with van der Waals surface area (Å²) in [5.41, 5.74) is 2.54. The van der Waals surface area contributed by atoms with E-state index in [0.29, 0.717) is 6.61 Å². The minimum absolute atomic E-state index is 0.0570. The Labute approximate surface area is 192 Å². The summed E-state index contributed by atoms with van der Waals surface area (Å²) < 4.78 is 12.6. The number of para-hydroxylation sites is 1. The van der Waals surface area contributed by atoms with Gasteiger partial charge in [0.05, 0.1) is 11.1 Å². The second-order valence-electron chi connectivity index (χ2n) is 10.2. The maximum absolute atomic E-state index is 6.42. The van der Waals surface area contributed by atoms with Crippen molar-refractivity contribution in [2.24, 2.45) is 0 Å². The lowest BCUT2D eigenvalue weighted by molar-refractivity contribution is -0.104. The Morgan fingerprint density at radius 2 is 1.91 bits per heavy atom. The quantitative estimate of drug-likeness (QED) is 0.597. The molecule has 2 aliphatic heterocycles. The first kappa shape index (κ1) is 21.7. The van der Waals surface area contributed by atoms with E-state index in [9.17, 15) is 0 Å². The molecule has 2 aromatic rings. The van der Waals surface area contributed by atoms with Crippen molar-refractivity contribution in [1.29, 1.82) is 0 Å². The number of nitrogens with one attached hydrogen (secondary N) is 1. The largest absolute Gasteiger partial charge is 0.491 e. The molecule has 0 radical (unpaired) electrons. The minimum atomic E-state index is -0.0996. The molecular weight excluding hydrogens is 396 g/mol. The maximum atomic E-state index is 6.42. The third kappa shape index (κ3) is 4.23. The Bertz CT molecular complexity index is 924. The molecule has 32 heavy (non-hydrogen) atoms. The molecule has 1 saturated heterocycles. The second-order valence-corrected chi connectivity index (χ2v) is 10.2. The van der Waals surface area contributed by atoms with Crippen LogP contribution >= 0.6 is 0 Å². The molecule has 2 atom stereocenters. The highest BCUT2D eigenvalue weighted by Crippen LogP contribution is 2.49. The molecule has 1 N–H and O–H groups in total. The van der Waals surface area contributed by atoms with Crippen molar-refractivity contribution >= 4 is 0 Å². The summed E-state index contributed by atoms with van der Waals surface area (Å²) in [5, 5.41) is 3.93. The van der Waals surface area contributed by atoms with Gasteiger partial charge in [-0.3, -0.25) is 4.98 Å². The van der Waals surface area contributed by atoms with Crippen molar-refractivity contribution in [3.05, 3.63) is 72.6 Å². The summed E-state index contributed by atoms with van der Waals surface area (Å²) in [5.74, 6) is 1.02. The van der Waals surface area contributed by atoms with Crippen molar-refractivity contribution in [2.75, 3.05) is 19.8 Å². The lowest BCUT2D eigenvalue weighted by atomic mass is 9.67. The zero-order valence-electron chi connectivity index (χ0n) is 19.2. The van der Waals surface area contributed by atoms with Gasteiger partial charge < -0.3 is 14.8 Å².